The number of methoxy groups -OCH3 is 2. The fraction of sp³-hybridized carbons (Fsp3) is 0.347. The number of aromatic nitrogens is 3. The van der Waals surface area contributed by atoms with Gasteiger partial charge in [-0.15, -0.1) is 0 Å². The van der Waals surface area contributed by atoms with Crippen LogP contribution in [0.1, 0.15) is 45.0 Å². The van der Waals surface area contributed by atoms with Crippen LogP contribution in [-0.4, -0.2) is 113 Å². The van der Waals surface area contributed by atoms with E-state index in [0.29, 0.717) is 116 Å². The van der Waals surface area contributed by atoms with Gasteiger partial charge in [-0.05, 0) is 78.4 Å². The number of pyridine rings is 3. The Hall–Kier alpha value is -5.82. The fourth-order valence-electron chi connectivity index (χ4n) is 6.00. The van der Waals surface area contributed by atoms with Gasteiger partial charge in [0.1, 0.15) is 24.7 Å². The number of hydrogen-bond acceptors (Lipinski definition) is 13. The Labute approximate surface area is 365 Å². The van der Waals surface area contributed by atoms with Crippen molar-refractivity contribution in [3.63, 3.8) is 0 Å². The summed E-state index contributed by atoms with van der Waals surface area (Å²) in [5, 5.41) is 9.28. The van der Waals surface area contributed by atoms with Crippen molar-refractivity contribution in [1.29, 1.82) is 5.26 Å². The van der Waals surface area contributed by atoms with Crippen molar-refractivity contribution in [2.45, 2.75) is 19.6 Å². The molecule has 0 aliphatic heterocycles. The van der Waals surface area contributed by atoms with Crippen molar-refractivity contribution in [3.8, 4) is 17.6 Å². The second kappa shape index (κ2) is 28.7. The highest BCUT2D eigenvalue weighted by atomic mass is 16.6. The Balaban J connectivity index is 1.37. The van der Waals surface area contributed by atoms with Gasteiger partial charge in [0.15, 0.2) is 0 Å². The number of nitrogens with zero attached hydrogens (tertiary/aromatic N) is 5. The van der Waals surface area contributed by atoms with Crippen LogP contribution in [0.5, 0.6) is 11.5 Å². The minimum absolute atomic E-state index is 0.314. The maximum atomic E-state index is 9.28. The van der Waals surface area contributed by atoms with Crippen molar-refractivity contribution in [3.05, 3.63) is 148 Å². The molecule has 0 saturated carbocycles. The van der Waals surface area contributed by atoms with Gasteiger partial charge in [0.25, 0.3) is 0 Å². The zero-order valence-corrected chi connectivity index (χ0v) is 35.7. The average Bonchev–Trinajstić information content (AvgIpc) is 3.30. The zero-order valence-electron chi connectivity index (χ0n) is 35.7. The van der Waals surface area contributed by atoms with Gasteiger partial charge in [-0.25, -0.2) is 0 Å². The molecule has 0 bridgehead atoms. The van der Waals surface area contributed by atoms with Crippen molar-refractivity contribution in [1.82, 2.24) is 19.9 Å². The zero-order chi connectivity index (χ0) is 43.3. The summed E-state index contributed by atoms with van der Waals surface area (Å²) in [5.74, 6) is 1.29. The van der Waals surface area contributed by atoms with Crippen LogP contribution in [0.4, 0.5) is 0 Å². The highest BCUT2D eigenvalue weighted by Crippen LogP contribution is 2.32. The first kappa shape index (κ1) is 47.2. The van der Waals surface area contributed by atoms with E-state index in [1.54, 1.807) is 26.4 Å². The first-order valence-corrected chi connectivity index (χ1v) is 20.7. The average molecular weight is 844 g/mol. The molecule has 5 rings (SSSR count). The number of benzene rings is 2. The van der Waals surface area contributed by atoms with E-state index in [-0.39, 0.29) is 0 Å². The summed E-state index contributed by atoms with van der Waals surface area (Å²) in [6.07, 6.45) is 11.5. The van der Waals surface area contributed by atoms with Gasteiger partial charge in [0.05, 0.1) is 100 Å². The first-order chi connectivity index (χ1) is 30.6. The topological polar surface area (TPSA) is 140 Å². The molecule has 0 atom stereocenters. The van der Waals surface area contributed by atoms with E-state index >= 15 is 0 Å². The van der Waals surface area contributed by atoms with Crippen LogP contribution in [0.2, 0.25) is 0 Å². The molecule has 3 heterocycles. The monoisotopic (exact) mass is 843 g/mol. The molecule has 5 aromatic rings. The van der Waals surface area contributed by atoms with E-state index in [1.165, 1.54) is 0 Å². The lowest BCUT2D eigenvalue weighted by molar-refractivity contribution is 0.0177. The number of ether oxygens (including phenoxy) is 8. The first-order valence-electron chi connectivity index (χ1n) is 20.7. The van der Waals surface area contributed by atoms with Crippen LogP contribution < -0.4 is 9.47 Å². The number of rotatable bonds is 30. The Kier molecular flexibility index (Phi) is 21.8. The minimum Gasteiger partial charge on any atom is -0.491 e. The Morgan fingerprint density at radius 1 is 0.516 bits per heavy atom. The number of hydrogen-bond donors (Lipinski definition) is 0. The maximum Gasteiger partial charge on any atom is 0.127 e. The second-order valence-electron chi connectivity index (χ2n) is 13.8. The molecule has 0 aliphatic carbocycles. The second-order valence-corrected chi connectivity index (χ2v) is 13.8. The van der Waals surface area contributed by atoms with Gasteiger partial charge < -0.3 is 37.9 Å². The predicted octanol–water partition coefficient (Wildman–Crippen LogP) is 7.40. The van der Waals surface area contributed by atoms with Crippen molar-refractivity contribution in [2.75, 3.05) is 93.5 Å². The summed E-state index contributed by atoms with van der Waals surface area (Å²) in [4.78, 5) is 16.5. The third-order valence-corrected chi connectivity index (χ3v) is 9.09. The van der Waals surface area contributed by atoms with Crippen LogP contribution in [0.25, 0.3) is 24.3 Å². The Bertz CT molecular complexity index is 2050. The molecule has 326 valence electrons. The van der Waals surface area contributed by atoms with Crippen LogP contribution in [0, 0.1) is 11.3 Å². The molecule has 0 fully saturated rings. The van der Waals surface area contributed by atoms with E-state index in [0.717, 1.165) is 39.5 Å². The summed E-state index contributed by atoms with van der Waals surface area (Å²) in [5.41, 5.74) is 6.77. The SMILES string of the molecule is COCCOCCOCCOc1cc(/C=C/c2cccc(CN(Cc3ccccn3)Cc3ccccn3)n2)c(OCCOCCOCCOC)cc1/C=C/c1ccc(C#N)cc1. The molecule has 13 heteroatoms. The molecule has 0 saturated heterocycles. The molecule has 0 amide bonds. The molecule has 2 aromatic carbocycles. The van der Waals surface area contributed by atoms with Crippen LogP contribution in [0.15, 0.2) is 103 Å². The highest BCUT2D eigenvalue weighted by molar-refractivity contribution is 5.78. The lowest BCUT2D eigenvalue weighted by Gasteiger charge is -2.21. The predicted molar refractivity (Wildman–Crippen MR) is 239 cm³/mol. The smallest absolute Gasteiger partial charge is 0.127 e. The van der Waals surface area contributed by atoms with E-state index < -0.39 is 0 Å². The highest BCUT2D eigenvalue weighted by Gasteiger charge is 2.13. The summed E-state index contributed by atoms with van der Waals surface area (Å²) < 4.78 is 45.4. The molecule has 62 heavy (non-hydrogen) atoms. The molecular formula is C49H57N5O8. The lowest BCUT2D eigenvalue weighted by atomic mass is 10.1. The summed E-state index contributed by atoms with van der Waals surface area (Å²) in [6.45, 7) is 7.18. The van der Waals surface area contributed by atoms with Crippen LogP contribution >= 0.6 is 0 Å². The van der Waals surface area contributed by atoms with Crippen LogP contribution in [-0.2, 0) is 48.1 Å². The van der Waals surface area contributed by atoms with Crippen molar-refractivity contribution >= 4 is 24.3 Å². The molecule has 0 spiro atoms. The fourth-order valence-corrected chi connectivity index (χ4v) is 6.00. The summed E-state index contributed by atoms with van der Waals surface area (Å²) >= 11 is 0. The Morgan fingerprint density at radius 3 is 1.50 bits per heavy atom. The third kappa shape index (κ3) is 18.0. The minimum atomic E-state index is 0.314. The van der Waals surface area contributed by atoms with Gasteiger partial charge in [0.2, 0.25) is 0 Å². The molecule has 0 radical (unpaired) electrons. The van der Waals surface area contributed by atoms with Gasteiger partial charge in [-0.3, -0.25) is 19.9 Å². The molecular weight excluding hydrogens is 787 g/mol. The van der Waals surface area contributed by atoms with Gasteiger partial charge in [-0.2, -0.15) is 5.26 Å². The van der Waals surface area contributed by atoms with Crippen molar-refractivity contribution in [2.24, 2.45) is 0 Å². The molecule has 0 unspecified atom stereocenters. The standard InChI is InChI=1S/C49H57N5O8/c1-55-22-24-57-26-28-59-30-32-61-48-35-43(49(62-33-31-60-29-27-58-25-23-56-2)34-42(48)17-16-40-12-14-41(36-50)15-13-40)18-19-44-10-7-11-47(53-44)39-54(37-45-8-3-5-20-51-45)38-46-9-4-6-21-52-46/h3-21,34-35H,22-33,37-39H2,1-2H3/b17-16+,19-18+. The normalized spacial score (nSPS) is 11.5. The quantitative estimate of drug-likeness (QED) is 0.0335. The van der Waals surface area contributed by atoms with E-state index in [9.17, 15) is 5.26 Å². The van der Waals surface area contributed by atoms with E-state index in [4.69, 9.17) is 42.9 Å². The summed E-state index contributed by atoms with van der Waals surface area (Å²) in [7, 11) is 3.29. The molecule has 3 aromatic heterocycles. The molecule has 13 nitrogen and oxygen atoms in total. The van der Waals surface area contributed by atoms with E-state index in [1.807, 2.05) is 116 Å². The number of nitriles is 1. The largest absolute Gasteiger partial charge is 0.491 e. The van der Waals surface area contributed by atoms with Crippen LogP contribution in [0.3, 0.4) is 0 Å². The maximum absolute atomic E-state index is 9.28. The lowest BCUT2D eigenvalue weighted by Crippen LogP contribution is -2.24. The molecule has 0 aliphatic rings. The van der Waals surface area contributed by atoms with E-state index in [2.05, 4.69) is 20.9 Å². The van der Waals surface area contributed by atoms with Crippen molar-refractivity contribution < 1.29 is 37.9 Å². The third-order valence-electron chi connectivity index (χ3n) is 9.09. The van der Waals surface area contributed by atoms with Gasteiger partial charge in [0, 0.05) is 57.4 Å². The van der Waals surface area contributed by atoms with Gasteiger partial charge in [-0.1, -0.05) is 42.5 Å². The molecule has 0 N–H and O–H groups in total. The Morgan fingerprint density at radius 2 is 1.00 bits per heavy atom. The summed E-state index contributed by atoms with van der Waals surface area (Å²) in [6, 6.07) is 31.4. The van der Waals surface area contributed by atoms with Gasteiger partial charge >= 0.3 is 0 Å².